The molecule has 0 spiro atoms. The Balaban J connectivity index is 1.55. The maximum Gasteiger partial charge on any atom is 0.123 e. The second kappa shape index (κ2) is 6.44. The number of likely N-dealkylation sites (tertiary alicyclic amines) is 1. The molecule has 5 heteroatoms. The summed E-state index contributed by atoms with van der Waals surface area (Å²) >= 11 is 1.62. The molecule has 0 saturated carbocycles. The van der Waals surface area contributed by atoms with Crippen molar-refractivity contribution in [3.05, 3.63) is 51.7 Å². The molecule has 1 aliphatic rings. The Hall–Kier alpha value is -1.30. The summed E-state index contributed by atoms with van der Waals surface area (Å²) in [6, 6.07) is 6.74. The van der Waals surface area contributed by atoms with E-state index in [0.717, 1.165) is 48.7 Å². The summed E-state index contributed by atoms with van der Waals surface area (Å²) in [5, 5.41) is 13.8. The normalized spacial score (nSPS) is 18.5. The summed E-state index contributed by atoms with van der Waals surface area (Å²) in [6.07, 6.45) is 2.11. The highest BCUT2D eigenvalue weighted by atomic mass is 32.1. The van der Waals surface area contributed by atoms with Crippen LogP contribution in [-0.4, -0.2) is 33.7 Å². The van der Waals surface area contributed by atoms with Crippen LogP contribution < -0.4 is 0 Å². The van der Waals surface area contributed by atoms with Gasteiger partial charge in [-0.15, -0.1) is 11.3 Å². The Morgan fingerprint density at radius 3 is 2.77 bits per heavy atom. The van der Waals surface area contributed by atoms with E-state index in [0.29, 0.717) is 6.42 Å². The minimum Gasteiger partial charge on any atom is -0.389 e. The molecule has 118 valence electrons. The summed E-state index contributed by atoms with van der Waals surface area (Å²) in [7, 11) is 0. The summed E-state index contributed by atoms with van der Waals surface area (Å²) in [6.45, 7) is 4.38. The van der Waals surface area contributed by atoms with Gasteiger partial charge in [0.2, 0.25) is 0 Å². The zero-order chi connectivity index (χ0) is 15.6. The van der Waals surface area contributed by atoms with Crippen LogP contribution in [-0.2, 0) is 13.0 Å². The molecule has 3 nitrogen and oxygen atoms in total. The molecule has 1 N–H and O–H groups in total. The van der Waals surface area contributed by atoms with Gasteiger partial charge in [0.15, 0.2) is 0 Å². The summed E-state index contributed by atoms with van der Waals surface area (Å²) in [4.78, 5) is 6.72. The maximum absolute atomic E-state index is 13.2. The van der Waals surface area contributed by atoms with Crippen molar-refractivity contribution < 1.29 is 9.50 Å². The SMILES string of the molecule is Cc1csc(CC2(O)CCN(Cc3cccc(F)c3)CC2)n1. The number of aromatic nitrogens is 1. The lowest BCUT2D eigenvalue weighted by atomic mass is 9.88. The Morgan fingerprint density at radius 2 is 2.14 bits per heavy atom. The van der Waals surface area contributed by atoms with Gasteiger partial charge in [-0.1, -0.05) is 12.1 Å². The van der Waals surface area contributed by atoms with Gasteiger partial charge in [0.25, 0.3) is 0 Å². The maximum atomic E-state index is 13.2. The molecule has 2 aromatic rings. The average Bonchev–Trinajstić information content (AvgIpc) is 2.87. The highest BCUT2D eigenvalue weighted by molar-refractivity contribution is 7.09. The predicted octanol–water partition coefficient (Wildman–Crippen LogP) is 3.16. The standard InChI is InChI=1S/C17H21FN2OS/c1-13-12-22-16(19-13)10-17(21)5-7-20(8-6-17)11-14-3-2-4-15(18)9-14/h2-4,9,12,21H,5-8,10-11H2,1H3. The molecule has 0 amide bonds. The molecule has 0 unspecified atom stereocenters. The molecule has 0 radical (unpaired) electrons. The van der Waals surface area contributed by atoms with Gasteiger partial charge in [-0.2, -0.15) is 0 Å². The number of rotatable bonds is 4. The molecule has 0 bridgehead atoms. The number of piperidine rings is 1. The number of benzene rings is 1. The number of hydrogen-bond acceptors (Lipinski definition) is 4. The second-order valence-corrected chi connectivity index (χ2v) is 7.13. The lowest BCUT2D eigenvalue weighted by molar-refractivity contribution is -0.0225. The first-order valence-corrected chi connectivity index (χ1v) is 8.51. The van der Waals surface area contributed by atoms with E-state index in [1.54, 1.807) is 23.5 Å². The fraction of sp³-hybridized carbons (Fsp3) is 0.471. The van der Waals surface area contributed by atoms with Crippen LogP contribution in [0.5, 0.6) is 0 Å². The predicted molar refractivity (Wildman–Crippen MR) is 86.4 cm³/mol. The van der Waals surface area contributed by atoms with Crippen molar-refractivity contribution in [2.24, 2.45) is 0 Å². The fourth-order valence-corrected chi connectivity index (χ4v) is 3.87. The summed E-state index contributed by atoms with van der Waals surface area (Å²) in [5.41, 5.74) is 1.36. The van der Waals surface area contributed by atoms with Crippen LogP contribution in [0.2, 0.25) is 0 Å². The van der Waals surface area contributed by atoms with Crippen molar-refractivity contribution in [1.29, 1.82) is 0 Å². The summed E-state index contributed by atoms with van der Waals surface area (Å²) in [5.74, 6) is -0.190. The van der Waals surface area contributed by atoms with Crippen molar-refractivity contribution in [1.82, 2.24) is 9.88 Å². The van der Waals surface area contributed by atoms with Gasteiger partial charge in [0.1, 0.15) is 5.82 Å². The third-order valence-corrected chi connectivity index (χ3v) is 5.20. The van der Waals surface area contributed by atoms with Gasteiger partial charge in [0.05, 0.1) is 10.6 Å². The molecular weight excluding hydrogens is 299 g/mol. The topological polar surface area (TPSA) is 36.4 Å². The lowest BCUT2D eigenvalue weighted by Gasteiger charge is -2.37. The molecular formula is C17H21FN2OS. The van der Waals surface area contributed by atoms with E-state index in [9.17, 15) is 9.50 Å². The molecule has 0 atom stereocenters. The third kappa shape index (κ3) is 3.91. The number of thiazole rings is 1. The number of aliphatic hydroxyl groups is 1. The van der Waals surface area contributed by atoms with Gasteiger partial charge in [-0.25, -0.2) is 9.37 Å². The van der Waals surface area contributed by atoms with Crippen LogP contribution in [0, 0.1) is 12.7 Å². The minimum atomic E-state index is -0.650. The van der Waals surface area contributed by atoms with Crippen LogP contribution in [0.4, 0.5) is 4.39 Å². The van der Waals surface area contributed by atoms with Crippen LogP contribution >= 0.6 is 11.3 Å². The number of hydrogen-bond donors (Lipinski definition) is 1. The van der Waals surface area contributed by atoms with Gasteiger partial charge in [0, 0.05) is 37.1 Å². The Kier molecular flexibility index (Phi) is 4.57. The monoisotopic (exact) mass is 320 g/mol. The first-order valence-electron chi connectivity index (χ1n) is 7.63. The van der Waals surface area contributed by atoms with Gasteiger partial charge < -0.3 is 5.11 Å². The Labute approximate surface area is 134 Å². The van der Waals surface area contributed by atoms with E-state index in [1.165, 1.54) is 6.07 Å². The van der Waals surface area contributed by atoms with Crippen LogP contribution in [0.3, 0.4) is 0 Å². The van der Waals surface area contributed by atoms with Crippen LogP contribution in [0.25, 0.3) is 0 Å². The van der Waals surface area contributed by atoms with Crippen molar-refractivity contribution in [2.45, 2.75) is 38.3 Å². The molecule has 1 aromatic carbocycles. The van der Waals surface area contributed by atoms with Crippen molar-refractivity contribution >= 4 is 11.3 Å². The van der Waals surface area contributed by atoms with Crippen LogP contribution in [0.1, 0.15) is 29.1 Å². The Morgan fingerprint density at radius 1 is 1.36 bits per heavy atom. The fourth-order valence-electron chi connectivity index (χ4n) is 2.96. The number of aryl methyl sites for hydroxylation is 1. The van der Waals surface area contributed by atoms with E-state index in [-0.39, 0.29) is 5.82 Å². The molecule has 1 fully saturated rings. The molecule has 22 heavy (non-hydrogen) atoms. The van der Waals surface area contributed by atoms with Crippen LogP contribution in [0.15, 0.2) is 29.6 Å². The first kappa shape index (κ1) is 15.6. The van der Waals surface area contributed by atoms with E-state index in [1.807, 2.05) is 18.4 Å². The average molecular weight is 320 g/mol. The lowest BCUT2D eigenvalue weighted by Crippen LogP contribution is -2.45. The van der Waals surface area contributed by atoms with E-state index < -0.39 is 5.60 Å². The molecule has 3 rings (SSSR count). The number of halogens is 1. The zero-order valence-corrected chi connectivity index (χ0v) is 13.6. The molecule has 1 aromatic heterocycles. The molecule has 1 aliphatic heterocycles. The van der Waals surface area contributed by atoms with E-state index in [2.05, 4.69) is 9.88 Å². The van der Waals surface area contributed by atoms with Crippen molar-refractivity contribution in [2.75, 3.05) is 13.1 Å². The van der Waals surface area contributed by atoms with Gasteiger partial charge in [-0.3, -0.25) is 4.90 Å². The van der Waals surface area contributed by atoms with Crippen molar-refractivity contribution in [3.8, 4) is 0 Å². The zero-order valence-electron chi connectivity index (χ0n) is 12.8. The second-order valence-electron chi connectivity index (χ2n) is 6.19. The van der Waals surface area contributed by atoms with Crippen molar-refractivity contribution in [3.63, 3.8) is 0 Å². The minimum absolute atomic E-state index is 0.190. The molecule has 1 saturated heterocycles. The largest absolute Gasteiger partial charge is 0.389 e. The smallest absolute Gasteiger partial charge is 0.123 e. The van der Waals surface area contributed by atoms with Gasteiger partial charge in [-0.05, 0) is 37.5 Å². The van der Waals surface area contributed by atoms with E-state index in [4.69, 9.17) is 0 Å². The quantitative estimate of drug-likeness (QED) is 0.940. The Bertz CT molecular complexity index is 635. The van der Waals surface area contributed by atoms with E-state index >= 15 is 0 Å². The van der Waals surface area contributed by atoms with Gasteiger partial charge >= 0.3 is 0 Å². The first-order chi connectivity index (χ1) is 10.5. The highest BCUT2D eigenvalue weighted by Gasteiger charge is 2.33. The number of nitrogens with zero attached hydrogens (tertiary/aromatic N) is 2. The molecule has 2 heterocycles. The highest BCUT2D eigenvalue weighted by Crippen LogP contribution is 2.28. The summed E-state index contributed by atoms with van der Waals surface area (Å²) < 4.78 is 13.2. The molecule has 0 aliphatic carbocycles. The third-order valence-electron chi connectivity index (χ3n) is 4.23.